The van der Waals surface area contributed by atoms with E-state index in [4.69, 9.17) is 9.47 Å². The number of halogens is 4. The lowest BCUT2D eigenvalue weighted by Gasteiger charge is -2.24. The van der Waals surface area contributed by atoms with E-state index in [0.717, 1.165) is 17.0 Å². The Labute approximate surface area is 215 Å². The number of rotatable bonds is 10. The summed E-state index contributed by atoms with van der Waals surface area (Å²) in [7, 11) is 0. The number of benzene rings is 1. The zero-order valence-electron chi connectivity index (χ0n) is 20.8. The second-order valence-electron chi connectivity index (χ2n) is 9.35. The molecule has 14 heteroatoms. The van der Waals surface area contributed by atoms with Crippen LogP contribution in [0.15, 0.2) is 12.1 Å². The van der Waals surface area contributed by atoms with Crippen LogP contribution in [0.5, 0.6) is 0 Å². The Hall–Kier alpha value is -3.58. The van der Waals surface area contributed by atoms with Gasteiger partial charge in [0, 0.05) is 38.3 Å². The number of nitrogens with zero attached hydrogens (tertiary/aromatic N) is 3. The van der Waals surface area contributed by atoms with Gasteiger partial charge in [-0.25, -0.2) is 13.6 Å². The third-order valence-corrected chi connectivity index (χ3v) is 7.13. The number of alkyl halides is 2. The lowest BCUT2D eigenvalue weighted by Crippen LogP contribution is -2.37. The molecule has 3 unspecified atom stereocenters. The standard InChI is InChI=1S/C24H28F4N4O6/c1-3-30(4-2)18(33)11-37-23(35)19-14-9-31(10-15(14)19)20-16(25)5-12(6-17(20)26)32-8-13(38-24(32)36)7-29-22(34)21(27)28/h5-6,13-15,19,21H,3-4,7-11H2,1-2H3,(H,29,34). The van der Waals surface area contributed by atoms with Crippen molar-refractivity contribution in [2.45, 2.75) is 26.4 Å². The van der Waals surface area contributed by atoms with Gasteiger partial charge in [0.25, 0.3) is 11.8 Å². The molecular weight excluding hydrogens is 516 g/mol. The molecule has 3 amide bonds. The van der Waals surface area contributed by atoms with Gasteiger partial charge in [-0.1, -0.05) is 0 Å². The molecule has 38 heavy (non-hydrogen) atoms. The summed E-state index contributed by atoms with van der Waals surface area (Å²) < 4.78 is 64.8. The molecule has 1 saturated carbocycles. The van der Waals surface area contributed by atoms with E-state index in [1.165, 1.54) is 4.90 Å². The van der Waals surface area contributed by atoms with Crippen molar-refractivity contribution in [3.63, 3.8) is 0 Å². The molecule has 10 nitrogen and oxygen atoms in total. The minimum atomic E-state index is -3.22. The summed E-state index contributed by atoms with van der Waals surface area (Å²) >= 11 is 0. The highest BCUT2D eigenvalue weighted by Gasteiger charge is 2.61. The van der Waals surface area contributed by atoms with E-state index < -0.39 is 48.1 Å². The minimum absolute atomic E-state index is 0.125. The van der Waals surface area contributed by atoms with Crippen molar-refractivity contribution in [3.05, 3.63) is 23.8 Å². The highest BCUT2D eigenvalue weighted by Crippen LogP contribution is 2.53. The Morgan fingerprint density at radius 1 is 1.11 bits per heavy atom. The maximum absolute atomic E-state index is 15.0. The lowest BCUT2D eigenvalue weighted by atomic mass is 10.2. The average Bonchev–Trinajstić information content (AvgIpc) is 3.17. The molecule has 0 spiro atoms. The van der Waals surface area contributed by atoms with E-state index in [1.54, 1.807) is 4.90 Å². The molecule has 0 bridgehead atoms. The van der Waals surface area contributed by atoms with Crippen molar-refractivity contribution >= 4 is 35.3 Å². The van der Waals surface area contributed by atoms with Crippen LogP contribution in [0.4, 0.5) is 33.7 Å². The number of carbonyl (C=O) groups is 4. The van der Waals surface area contributed by atoms with Gasteiger partial charge in [-0.05, 0) is 25.7 Å². The van der Waals surface area contributed by atoms with Crippen LogP contribution in [-0.2, 0) is 23.9 Å². The van der Waals surface area contributed by atoms with E-state index in [1.807, 2.05) is 19.2 Å². The average molecular weight is 545 g/mol. The van der Waals surface area contributed by atoms with Gasteiger partial charge in [0.2, 0.25) is 0 Å². The number of ether oxygens (including phenoxy) is 2. The van der Waals surface area contributed by atoms with E-state index >= 15 is 0 Å². The van der Waals surface area contributed by atoms with E-state index in [2.05, 4.69) is 0 Å². The summed E-state index contributed by atoms with van der Waals surface area (Å²) in [6.45, 7) is 4.18. The number of amides is 3. The molecule has 1 aliphatic carbocycles. The SMILES string of the molecule is CCN(CC)C(=O)COC(=O)C1C2CN(c3c(F)cc(N4CC(CNC(=O)C(F)F)OC4=O)cc3F)CC21. The molecule has 208 valence electrons. The lowest BCUT2D eigenvalue weighted by molar-refractivity contribution is -0.153. The number of piperidine rings is 1. The van der Waals surface area contributed by atoms with Crippen LogP contribution in [0.2, 0.25) is 0 Å². The van der Waals surface area contributed by atoms with Gasteiger partial charge >= 0.3 is 18.5 Å². The third kappa shape index (κ3) is 5.48. The second kappa shape index (κ2) is 11.0. The van der Waals surface area contributed by atoms with Gasteiger partial charge in [0.1, 0.15) is 11.8 Å². The quantitative estimate of drug-likeness (QED) is 0.353. The van der Waals surface area contributed by atoms with Crippen LogP contribution >= 0.6 is 0 Å². The molecule has 2 aliphatic heterocycles. The van der Waals surface area contributed by atoms with Crippen LogP contribution in [0.25, 0.3) is 0 Å². The normalized spacial score (nSPS) is 23.8. The number of fused-ring (bicyclic) bond motifs is 1. The number of carbonyl (C=O) groups excluding carboxylic acids is 4. The first-order valence-corrected chi connectivity index (χ1v) is 12.3. The highest BCUT2D eigenvalue weighted by atomic mass is 19.3. The van der Waals surface area contributed by atoms with Crippen molar-refractivity contribution < 1.29 is 46.2 Å². The topological polar surface area (TPSA) is 108 Å². The van der Waals surface area contributed by atoms with Crippen molar-refractivity contribution in [1.29, 1.82) is 0 Å². The molecule has 1 N–H and O–H groups in total. The van der Waals surface area contributed by atoms with E-state index in [0.29, 0.717) is 13.1 Å². The molecule has 0 radical (unpaired) electrons. The second-order valence-corrected chi connectivity index (χ2v) is 9.35. The fraction of sp³-hybridized carbons (Fsp3) is 0.583. The first kappa shape index (κ1) is 27.5. The number of hydrogen-bond acceptors (Lipinski definition) is 7. The Morgan fingerprint density at radius 2 is 1.71 bits per heavy atom. The summed E-state index contributed by atoms with van der Waals surface area (Å²) in [5, 5.41) is 1.93. The number of anilines is 2. The van der Waals surface area contributed by atoms with Crippen LogP contribution in [-0.4, -0.2) is 87.2 Å². The predicted molar refractivity (Wildman–Crippen MR) is 125 cm³/mol. The number of likely N-dealkylation sites (N-methyl/N-ethyl adjacent to an activating group) is 1. The van der Waals surface area contributed by atoms with Crippen LogP contribution in [0.3, 0.4) is 0 Å². The summed E-state index contributed by atoms with van der Waals surface area (Å²) in [5.41, 5.74) is -0.418. The van der Waals surface area contributed by atoms with Crippen molar-refractivity contribution in [2.75, 3.05) is 55.7 Å². The Balaban J connectivity index is 1.32. The number of esters is 1. The summed E-state index contributed by atoms with van der Waals surface area (Å²) in [4.78, 5) is 51.6. The Bertz CT molecular complexity index is 1080. The number of nitrogens with one attached hydrogen (secondary N) is 1. The van der Waals surface area contributed by atoms with Gasteiger partial charge in [-0.3, -0.25) is 19.3 Å². The Kier molecular flexibility index (Phi) is 7.97. The molecule has 4 rings (SSSR count). The van der Waals surface area contributed by atoms with Crippen molar-refractivity contribution in [3.8, 4) is 0 Å². The predicted octanol–water partition coefficient (Wildman–Crippen LogP) is 1.77. The molecule has 3 fully saturated rings. The van der Waals surface area contributed by atoms with Crippen molar-refractivity contribution in [2.24, 2.45) is 17.8 Å². The van der Waals surface area contributed by atoms with Gasteiger partial charge in [0.05, 0.1) is 24.7 Å². The zero-order valence-corrected chi connectivity index (χ0v) is 20.8. The van der Waals surface area contributed by atoms with Crippen LogP contribution in [0, 0.1) is 29.4 Å². The van der Waals surface area contributed by atoms with Gasteiger partial charge in [0.15, 0.2) is 18.2 Å². The highest BCUT2D eigenvalue weighted by molar-refractivity contribution is 5.90. The van der Waals surface area contributed by atoms with Gasteiger partial charge in [-0.15, -0.1) is 0 Å². The molecular formula is C24H28F4N4O6. The smallest absolute Gasteiger partial charge is 0.414 e. The van der Waals surface area contributed by atoms with E-state index in [9.17, 15) is 36.7 Å². The van der Waals surface area contributed by atoms with Gasteiger partial charge in [-0.2, -0.15) is 8.78 Å². The third-order valence-electron chi connectivity index (χ3n) is 7.13. The largest absolute Gasteiger partial charge is 0.455 e. The zero-order chi connectivity index (χ0) is 27.7. The number of cyclic esters (lactones) is 1. The maximum atomic E-state index is 15.0. The fourth-order valence-electron chi connectivity index (χ4n) is 5.10. The van der Waals surface area contributed by atoms with E-state index in [-0.39, 0.29) is 61.9 Å². The van der Waals surface area contributed by atoms with Crippen LogP contribution < -0.4 is 15.1 Å². The summed E-state index contributed by atoms with van der Waals surface area (Å²) in [6, 6.07) is 1.93. The van der Waals surface area contributed by atoms with Gasteiger partial charge < -0.3 is 24.6 Å². The first-order chi connectivity index (χ1) is 18.0. The molecule has 1 aromatic carbocycles. The van der Waals surface area contributed by atoms with Crippen molar-refractivity contribution in [1.82, 2.24) is 10.2 Å². The maximum Gasteiger partial charge on any atom is 0.414 e. The molecule has 0 aromatic heterocycles. The van der Waals surface area contributed by atoms with Crippen LogP contribution in [0.1, 0.15) is 13.8 Å². The molecule has 3 atom stereocenters. The first-order valence-electron chi connectivity index (χ1n) is 12.3. The summed E-state index contributed by atoms with van der Waals surface area (Å²) in [6.07, 6.45) is -5.13. The minimum Gasteiger partial charge on any atom is -0.455 e. The fourth-order valence-corrected chi connectivity index (χ4v) is 5.10. The monoisotopic (exact) mass is 544 g/mol. The number of hydrogen-bond donors (Lipinski definition) is 1. The summed E-state index contributed by atoms with van der Waals surface area (Å²) in [5.74, 6) is -4.88. The Morgan fingerprint density at radius 3 is 2.26 bits per heavy atom. The molecule has 1 aromatic rings. The molecule has 3 aliphatic rings. The molecule has 2 saturated heterocycles. The molecule has 2 heterocycles.